The molecule has 0 aromatic heterocycles. The number of carbonyl (C=O) groups is 3. The van der Waals surface area contributed by atoms with E-state index in [-0.39, 0.29) is 10.6 Å². The summed E-state index contributed by atoms with van der Waals surface area (Å²) in [6.45, 7) is -0.492. The van der Waals surface area contributed by atoms with Crippen LogP contribution in [0.5, 0.6) is 5.75 Å². The number of hydrogen-bond acceptors (Lipinski definition) is 5. The van der Waals surface area contributed by atoms with Crippen molar-refractivity contribution in [3.8, 4) is 5.75 Å². The van der Waals surface area contributed by atoms with E-state index < -0.39 is 29.4 Å². The van der Waals surface area contributed by atoms with Gasteiger partial charge in [-0.05, 0) is 47.7 Å². The minimum atomic E-state index is -0.662. The molecule has 1 N–H and O–H groups in total. The standard InChI is InChI=1S/C19H15FN2O4S/c1-26-13-6-4-5-12(9-13)10-16-18(24)22(19(25)27-16)11-17(23)21-15-8-3-2-7-14(15)20/h2-10H,11H2,1H3,(H,21,23)/b16-10+. The van der Waals surface area contributed by atoms with Gasteiger partial charge in [0, 0.05) is 0 Å². The molecule has 0 radical (unpaired) electrons. The SMILES string of the molecule is COc1cccc(/C=C2/SC(=O)N(CC(=O)Nc3ccccc3F)C2=O)c1. The molecule has 0 atom stereocenters. The van der Waals surface area contributed by atoms with Crippen LogP contribution >= 0.6 is 11.8 Å². The van der Waals surface area contributed by atoms with Gasteiger partial charge in [0.15, 0.2) is 0 Å². The van der Waals surface area contributed by atoms with E-state index in [2.05, 4.69) is 5.32 Å². The second-order valence-corrected chi connectivity index (χ2v) is 6.57. The summed E-state index contributed by atoms with van der Waals surface area (Å²) in [6.07, 6.45) is 1.56. The number of ether oxygens (including phenoxy) is 1. The summed E-state index contributed by atoms with van der Waals surface area (Å²) in [7, 11) is 1.53. The molecule has 2 aromatic rings. The highest BCUT2D eigenvalue weighted by atomic mass is 32.2. The Kier molecular flexibility index (Phi) is 5.56. The van der Waals surface area contributed by atoms with Crippen LogP contribution < -0.4 is 10.1 Å². The first kappa shape index (κ1) is 18.7. The summed E-state index contributed by atoms with van der Waals surface area (Å²) < 4.78 is 18.7. The number of nitrogens with one attached hydrogen (secondary N) is 1. The summed E-state index contributed by atoms with van der Waals surface area (Å²) in [4.78, 5) is 37.7. The van der Waals surface area contributed by atoms with Gasteiger partial charge in [-0.25, -0.2) is 4.39 Å². The minimum absolute atomic E-state index is 0.0126. The number of thioether (sulfide) groups is 1. The van der Waals surface area contributed by atoms with Gasteiger partial charge in [0.1, 0.15) is 18.1 Å². The predicted molar refractivity (Wildman–Crippen MR) is 101 cm³/mol. The number of para-hydroxylation sites is 1. The van der Waals surface area contributed by atoms with E-state index in [9.17, 15) is 18.8 Å². The number of anilines is 1. The quantitative estimate of drug-likeness (QED) is 0.796. The molecular formula is C19H15FN2O4S. The lowest BCUT2D eigenvalue weighted by molar-refractivity contribution is -0.127. The monoisotopic (exact) mass is 386 g/mol. The highest BCUT2D eigenvalue weighted by Gasteiger charge is 2.36. The van der Waals surface area contributed by atoms with Crippen LogP contribution in [0.2, 0.25) is 0 Å². The van der Waals surface area contributed by atoms with Crippen molar-refractivity contribution in [2.45, 2.75) is 0 Å². The molecule has 1 fully saturated rings. The topological polar surface area (TPSA) is 75.7 Å². The highest BCUT2D eigenvalue weighted by Crippen LogP contribution is 2.32. The Hall–Kier alpha value is -3.13. The second-order valence-electron chi connectivity index (χ2n) is 5.57. The molecular weight excluding hydrogens is 371 g/mol. The van der Waals surface area contributed by atoms with Gasteiger partial charge in [-0.1, -0.05) is 24.3 Å². The lowest BCUT2D eigenvalue weighted by atomic mass is 10.2. The van der Waals surface area contributed by atoms with Crippen LogP contribution in [0.3, 0.4) is 0 Å². The van der Waals surface area contributed by atoms with Crippen LogP contribution in [-0.4, -0.2) is 35.6 Å². The van der Waals surface area contributed by atoms with E-state index in [1.165, 1.54) is 25.3 Å². The zero-order valence-electron chi connectivity index (χ0n) is 14.3. The molecule has 0 bridgehead atoms. The normalized spacial score (nSPS) is 15.3. The minimum Gasteiger partial charge on any atom is -0.497 e. The number of methoxy groups -OCH3 is 1. The Morgan fingerprint density at radius 1 is 1.22 bits per heavy atom. The van der Waals surface area contributed by atoms with Gasteiger partial charge in [-0.15, -0.1) is 0 Å². The van der Waals surface area contributed by atoms with Crippen molar-refractivity contribution in [3.63, 3.8) is 0 Å². The highest BCUT2D eigenvalue weighted by molar-refractivity contribution is 8.18. The van der Waals surface area contributed by atoms with E-state index in [1.54, 1.807) is 36.4 Å². The first-order chi connectivity index (χ1) is 13.0. The molecule has 3 rings (SSSR count). The average molecular weight is 386 g/mol. The van der Waals surface area contributed by atoms with E-state index in [0.29, 0.717) is 11.3 Å². The fourth-order valence-electron chi connectivity index (χ4n) is 2.41. The molecule has 27 heavy (non-hydrogen) atoms. The molecule has 1 aliphatic rings. The molecule has 0 unspecified atom stereocenters. The van der Waals surface area contributed by atoms with E-state index >= 15 is 0 Å². The van der Waals surface area contributed by atoms with Gasteiger partial charge in [0.2, 0.25) is 5.91 Å². The maximum atomic E-state index is 13.6. The number of hydrogen-bond donors (Lipinski definition) is 1. The van der Waals surface area contributed by atoms with E-state index in [0.717, 1.165) is 16.7 Å². The Morgan fingerprint density at radius 2 is 2.00 bits per heavy atom. The van der Waals surface area contributed by atoms with Gasteiger partial charge in [-0.2, -0.15) is 0 Å². The van der Waals surface area contributed by atoms with Crippen LogP contribution in [0.1, 0.15) is 5.56 Å². The zero-order chi connectivity index (χ0) is 19.4. The number of rotatable bonds is 5. The van der Waals surface area contributed by atoms with E-state index in [1.807, 2.05) is 0 Å². The first-order valence-corrected chi connectivity index (χ1v) is 8.73. The van der Waals surface area contributed by atoms with E-state index in [4.69, 9.17) is 4.74 Å². The van der Waals surface area contributed by atoms with Crippen LogP contribution in [0, 0.1) is 5.82 Å². The lowest BCUT2D eigenvalue weighted by Gasteiger charge is -2.12. The summed E-state index contributed by atoms with van der Waals surface area (Å²) >= 11 is 0.745. The van der Waals surface area contributed by atoms with Gasteiger partial charge in [0.25, 0.3) is 11.1 Å². The second kappa shape index (κ2) is 8.05. The molecule has 1 saturated heterocycles. The molecule has 0 saturated carbocycles. The van der Waals surface area contributed by atoms with Crippen LogP contribution in [-0.2, 0) is 9.59 Å². The number of benzene rings is 2. The largest absolute Gasteiger partial charge is 0.497 e. The molecule has 0 aliphatic carbocycles. The van der Waals surface area contributed by atoms with Crippen molar-refractivity contribution >= 4 is 40.6 Å². The molecule has 2 aromatic carbocycles. The van der Waals surface area contributed by atoms with Gasteiger partial charge in [-0.3, -0.25) is 19.3 Å². The number of halogens is 1. The predicted octanol–water partition coefficient (Wildman–Crippen LogP) is 3.51. The average Bonchev–Trinajstić information content (AvgIpc) is 2.91. The van der Waals surface area contributed by atoms with Crippen molar-refractivity contribution < 1.29 is 23.5 Å². The Balaban J connectivity index is 1.71. The van der Waals surface area contributed by atoms with Gasteiger partial charge < -0.3 is 10.1 Å². The number of amides is 3. The van der Waals surface area contributed by atoms with Crippen molar-refractivity contribution in [3.05, 3.63) is 64.8 Å². The zero-order valence-corrected chi connectivity index (χ0v) is 15.1. The summed E-state index contributed by atoms with van der Waals surface area (Å²) in [5, 5.41) is 1.79. The Labute approximate surface area is 159 Å². The molecule has 3 amide bonds. The summed E-state index contributed by atoms with van der Waals surface area (Å²) in [5.41, 5.74) is 0.678. The molecule has 138 valence electrons. The molecule has 8 heteroatoms. The van der Waals surface area contributed by atoms with Crippen molar-refractivity contribution in [1.82, 2.24) is 4.90 Å². The Morgan fingerprint density at radius 3 is 2.74 bits per heavy atom. The third-order valence-corrected chi connectivity index (χ3v) is 4.62. The molecule has 0 spiro atoms. The van der Waals surface area contributed by atoms with Crippen molar-refractivity contribution in [2.75, 3.05) is 19.0 Å². The maximum absolute atomic E-state index is 13.6. The fraction of sp³-hybridized carbons (Fsp3) is 0.105. The van der Waals surface area contributed by atoms with Crippen molar-refractivity contribution in [2.24, 2.45) is 0 Å². The maximum Gasteiger partial charge on any atom is 0.294 e. The smallest absolute Gasteiger partial charge is 0.294 e. The van der Waals surface area contributed by atoms with Crippen LogP contribution in [0.15, 0.2) is 53.4 Å². The third-order valence-electron chi connectivity index (χ3n) is 3.71. The molecule has 1 aliphatic heterocycles. The van der Waals surface area contributed by atoms with Crippen molar-refractivity contribution in [1.29, 1.82) is 0 Å². The molecule has 1 heterocycles. The number of imide groups is 1. The van der Waals surface area contributed by atoms with Crippen LogP contribution in [0.25, 0.3) is 6.08 Å². The number of nitrogens with zero attached hydrogens (tertiary/aromatic N) is 1. The van der Waals surface area contributed by atoms with Gasteiger partial charge in [0.05, 0.1) is 17.7 Å². The van der Waals surface area contributed by atoms with Gasteiger partial charge >= 0.3 is 0 Å². The Bertz CT molecular complexity index is 945. The summed E-state index contributed by atoms with van der Waals surface area (Å²) in [5.74, 6) is -1.22. The molecule has 6 nitrogen and oxygen atoms in total. The van der Waals surface area contributed by atoms with Crippen LogP contribution in [0.4, 0.5) is 14.9 Å². The fourth-order valence-corrected chi connectivity index (χ4v) is 3.25. The lowest BCUT2D eigenvalue weighted by Crippen LogP contribution is -2.36. The summed E-state index contributed by atoms with van der Waals surface area (Å²) in [6, 6.07) is 12.7. The third kappa shape index (κ3) is 4.35. The first-order valence-electron chi connectivity index (χ1n) is 7.92. The number of carbonyl (C=O) groups excluding carboxylic acids is 3.